The third kappa shape index (κ3) is 4.15. The van der Waals surface area contributed by atoms with Gasteiger partial charge in [0.15, 0.2) is 9.84 Å². The van der Waals surface area contributed by atoms with E-state index in [0.29, 0.717) is 0 Å². The second kappa shape index (κ2) is 5.26. The van der Waals surface area contributed by atoms with E-state index in [1.807, 2.05) is 0 Å². The van der Waals surface area contributed by atoms with E-state index in [2.05, 4.69) is 4.74 Å². The molecule has 0 aliphatic carbocycles. The van der Waals surface area contributed by atoms with Crippen LogP contribution in [0.1, 0.15) is 0 Å². The molecule has 0 aromatic carbocycles. The van der Waals surface area contributed by atoms with Crippen LogP contribution in [0.5, 0.6) is 0 Å². The highest BCUT2D eigenvalue weighted by molar-refractivity contribution is 7.91. The molecule has 0 radical (unpaired) electrons. The van der Waals surface area contributed by atoms with E-state index >= 15 is 0 Å². The number of ether oxygens (including phenoxy) is 1. The van der Waals surface area contributed by atoms with Gasteiger partial charge in [-0.15, -0.1) is 0 Å². The van der Waals surface area contributed by atoms with Crippen LogP contribution >= 0.6 is 0 Å². The Labute approximate surface area is 92.9 Å². The normalized spacial score (nSPS) is 19.4. The molecule has 1 amide bonds. The van der Waals surface area contributed by atoms with Crippen molar-refractivity contribution in [1.29, 1.82) is 0 Å². The summed E-state index contributed by atoms with van der Waals surface area (Å²) < 4.78 is 26.8. The van der Waals surface area contributed by atoms with Gasteiger partial charge in [0.25, 0.3) is 0 Å². The molecular formula is C8H13NO6S. The van der Waals surface area contributed by atoms with Crippen LogP contribution in [0.3, 0.4) is 0 Å². The third-order valence-corrected chi connectivity index (χ3v) is 3.76. The second-order valence-electron chi connectivity index (χ2n) is 3.42. The number of nitrogens with zero attached hydrogens (tertiary/aromatic N) is 1. The minimum Gasteiger partial charge on any atom is -0.480 e. The number of sulfone groups is 1. The molecule has 0 aromatic heterocycles. The Morgan fingerprint density at radius 3 is 2.25 bits per heavy atom. The molecule has 1 aliphatic rings. The van der Waals surface area contributed by atoms with Crippen LogP contribution in [0.25, 0.3) is 0 Å². The van der Waals surface area contributed by atoms with Gasteiger partial charge in [0.1, 0.15) is 13.2 Å². The summed E-state index contributed by atoms with van der Waals surface area (Å²) in [7, 11) is -3.01. The molecule has 0 spiro atoms. The van der Waals surface area contributed by atoms with Gasteiger partial charge in [-0.05, 0) is 0 Å². The van der Waals surface area contributed by atoms with Crippen molar-refractivity contribution in [2.75, 3.05) is 37.8 Å². The van der Waals surface area contributed by atoms with Crippen molar-refractivity contribution in [2.24, 2.45) is 0 Å². The van der Waals surface area contributed by atoms with Crippen LogP contribution < -0.4 is 0 Å². The number of hydrogen-bond acceptors (Lipinski definition) is 5. The quantitative estimate of drug-likeness (QED) is 0.642. The average molecular weight is 251 g/mol. The molecule has 8 heteroatoms. The van der Waals surface area contributed by atoms with Crippen LogP contribution in [-0.2, 0) is 24.2 Å². The van der Waals surface area contributed by atoms with Crippen LogP contribution in [0.15, 0.2) is 0 Å². The average Bonchev–Trinajstić information content (AvgIpc) is 2.16. The van der Waals surface area contributed by atoms with Crippen molar-refractivity contribution in [2.45, 2.75) is 0 Å². The third-order valence-electron chi connectivity index (χ3n) is 2.15. The minimum absolute atomic E-state index is 0.0440. The van der Waals surface area contributed by atoms with Crippen molar-refractivity contribution in [3.05, 3.63) is 0 Å². The Hall–Kier alpha value is -1.15. The topological polar surface area (TPSA) is 101 Å². The number of carbonyl (C=O) groups is 2. The zero-order valence-corrected chi connectivity index (χ0v) is 9.40. The van der Waals surface area contributed by atoms with Crippen molar-refractivity contribution in [3.63, 3.8) is 0 Å². The highest BCUT2D eigenvalue weighted by atomic mass is 32.2. The molecule has 1 rings (SSSR count). The van der Waals surface area contributed by atoms with Gasteiger partial charge in [0.05, 0.1) is 11.5 Å². The zero-order valence-electron chi connectivity index (χ0n) is 8.59. The van der Waals surface area contributed by atoms with E-state index in [9.17, 15) is 18.0 Å². The SMILES string of the molecule is O=C(O)COCC(=O)N1CCS(=O)(=O)CC1. The highest BCUT2D eigenvalue weighted by Crippen LogP contribution is 2.03. The van der Waals surface area contributed by atoms with Crippen LogP contribution in [-0.4, -0.2) is 68.1 Å². The molecule has 0 saturated carbocycles. The van der Waals surface area contributed by atoms with E-state index in [1.165, 1.54) is 4.90 Å². The molecule has 1 heterocycles. The lowest BCUT2D eigenvalue weighted by atomic mass is 10.4. The predicted octanol–water partition coefficient (Wildman–Crippen LogP) is -1.66. The van der Waals surface area contributed by atoms with Gasteiger partial charge in [0, 0.05) is 13.1 Å². The maximum absolute atomic E-state index is 11.4. The molecule has 1 aliphatic heterocycles. The van der Waals surface area contributed by atoms with Gasteiger partial charge in [-0.25, -0.2) is 13.2 Å². The van der Waals surface area contributed by atoms with Crippen LogP contribution in [0.4, 0.5) is 0 Å². The first-order chi connectivity index (χ1) is 7.41. The van der Waals surface area contributed by atoms with Gasteiger partial charge in [-0.2, -0.15) is 0 Å². The summed E-state index contributed by atoms with van der Waals surface area (Å²) in [5.41, 5.74) is 0. The Balaban J connectivity index is 2.31. The minimum atomic E-state index is -3.01. The molecule has 1 N–H and O–H groups in total. The molecule has 92 valence electrons. The fraction of sp³-hybridized carbons (Fsp3) is 0.750. The first-order valence-corrected chi connectivity index (χ1v) is 6.50. The lowest BCUT2D eigenvalue weighted by Crippen LogP contribution is -2.45. The van der Waals surface area contributed by atoms with Gasteiger partial charge in [-0.1, -0.05) is 0 Å². The van der Waals surface area contributed by atoms with Gasteiger partial charge in [0.2, 0.25) is 5.91 Å². The van der Waals surface area contributed by atoms with Crippen LogP contribution in [0, 0.1) is 0 Å². The van der Waals surface area contributed by atoms with E-state index in [4.69, 9.17) is 5.11 Å². The maximum Gasteiger partial charge on any atom is 0.329 e. The summed E-state index contributed by atoms with van der Waals surface area (Å²) in [5.74, 6) is -1.61. The first-order valence-electron chi connectivity index (χ1n) is 4.68. The number of hydrogen-bond donors (Lipinski definition) is 1. The van der Waals surface area contributed by atoms with Crippen LogP contribution in [0.2, 0.25) is 0 Å². The predicted molar refractivity (Wildman–Crippen MR) is 53.7 cm³/mol. The summed E-state index contributed by atoms with van der Waals surface area (Å²) in [6.07, 6.45) is 0. The van der Waals surface area contributed by atoms with E-state index in [0.717, 1.165) is 0 Å². The number of amides is 1. The summed E-state index contributed by atoms with van der Waals surface area (Å²) in [6, 6.07) is 0. The number of carbonyl (C=O) groups excluding carboxylic acids is 1. The Morgan fingerprint density at radius 1 is 1.19 bits per heavy atom. The second-order valence-corrected chi connectivity index (χ2v) is 5.72. The zero-order chi connectivity index (χ0) is 12.2. The summed E-state index contributed by atoms with van der Waals surface area (Å²) in [5, 5.41) is 8.28. The van der Waals surface area contributed by atoms with Crippen molar-refractivity contribution >= 4 is 21.7 Å². The molecule has 1 fully saturated rings. The fourth-order valence-electron chi connectivity index (χ4n) is 1.28. The number of carboxylic acids is 1. The number of carboxylic acid groups (broad SMARTS) is 1. The lowest BCUT2D eigenvalue weighted by Gasteiger charge is -2.26. The molecule has 0 unspecified atom stereocenters. The summed E-state index contributed by atoms with van der Waals surface area (Å²) in [4.78, 5) is 22.9. The summed E-state index contributed by atoms with van der Waals surface area (Å²) >= 11 is 0. The lowest BCUT2D eigenvalue weighted by molar-refractivity contribution is -0.145. The Morgan fingerprint density at radius 2 is 1.75 bits per heavy atom. The van der Waals surface area contributed by atoms with Gasteiger partial charge in [-0.3, -0.25) is 4.79 Å². The fourth-order valence-corrected chi connectivity index (χ4v) is 2.48. The molecule has 16 heavy (non-hydrogen) atoms. The molecule has 0 aromatic rings. The van der Waals surface area contributed by atoms with E-state index in [-0.39, 0.29) is 37.1 Å². The first kappa shape index (κ1) is 12.9. The largest absolute Gasteiger partial charge is 0.480 e. The molecule has 7 nitrogen and oxygen atoms in total. The van der Waals surface area contributed by atoms with Crippen molar-refractivity contribution < 1.29 is 27.9 Å². The van der Waals surface area contributed by atoms with Crippen molar-refractivity contribution in [3.8, 4) is 0 Å². The monoisotopic (exact) mass is 251 g/mol. The highest BCUT2D eigenvalue weighted by Gasteiger charge is 2.24. The molecule has 0 atom stereocenters. The number of aliphatic carboxylic acids is 1. The summed E-state index contributed by atoms with van der Waals surface area (Å²) in [6.45, 7) is -0.556. The maximum atomic E-state index is 11.4. The molecule has 0 bridgehead atoms. The van der Waals surface area contributed by atoms with E-state index < -0.39 is 22.4 Å². The Kier molecular flexibility index (Phi) is 4.25. The van der Waals surface area contributed by atoms with Crippen molar-refractivity contribution in [1.82, 2.24) is 4.90 Å². The van der Waals surface area contributed by atoms with Gasteiger partial charge < -0.3 is 14.7 Å². The Bertz CT molecular complexity index is 362. The smallest absolute Gasteiger partial charge is 0.329 e. The molecule has 1 saturated heterocycles. The van der Waals surface area contributed by atoms with Gasteiger partial charge >= 0.3 is 5.97 Å². The number of rotatable bonds is 4. The standard InChI is InChI=1S/C8H13NO6S/c10-7(5-15-6-8(11)12)9-1-3-16(13,14)4-2-9/h1-6H2,(H,11,12). The van der Waals surface area contributed by atoms with E-state index in [1.54, 1.807) is 0 Å². The molecular weight excluding hydrogens is 238 g/mol.